The molecule has 1 aliphatic heterocycles. The van der Waals surface area contributed by atoms with Crippen molar-refractivity contribution in [2.45, 2.75) is 19.1 Å². The Morgan fingerprint density at radius 1 is 1.35 bits per heavy atom. The summed E-state index contributed by atoms with van der Waals surface area (Å²) in [6.07, 6.45) is 5.97. The van der Waals surface area contributed by atoms with Crippen LogP contribution < -0.4 is 0 Å². The summed E-state index contributed by atoms with van der Waals surface area (Å²) in [6.45, 7) is 5.67. The Morgan fingerprint density at radius 2 is 2.26 bits per heavy atom. The third-order valence-electron chi connectivity index (χ3n) is 4.75. The second-order valence-electron chi connectivity index (χ2n) is 6.55. The zero-order valence-electron chi connectivity index (χ0n) is 13.6. The Bertz CT molecular complexity index is 821. The van der Waals surface area contributed by atoms with Gasteiger partial charge < -0.3 is 9.72 Å². The van der Waals surface area contributed by atoms with Crippen molar-refractivity contribution in [1.82, 2.24) is 19.7 Å². The monoisotopic (exact) mass is 310 g/mol. The van der Waals surface area contributed by atoms with Gasteiger partial charge in [0.1, 0.15) is 5.60 Å². The fraction of sp³-hybridized carbons (Fsp3) is 0.389. The van der Waals surface area contributed by atoms with Crippen LogP contribution in [0, 0.1) is 0 Å². The summed E-state index contributed by atoms with van der Waals surface area (Å²) in [5.74, 6) is 0. The first-order valence-electron chi connectivity index (χ1n) is 8.04. The number of ether oxygens (including phenoxy) is 1. The van der Waals surface area contributed by atoms with Crippen LogP contribution in [0.5, 0.6) is 0 Å². The van der Waals surface area contributed by atoms with Crippen LogP contribution in [0.25, 0.3) is 10.9 Å². The summed E-state index contributed by atoms with van der Waals surface area (Å²) in [7, 11) is 1.94. The first kappa shape index (κ1) is 14.5. The predicted molar refractivity (Wildman–Crippen MR) is 90.1 cm³/mol. The lowest BCUT2D eigenvalue weighted by Gasteiger charge is -2.40. The average Bonchev–Trinajstić information content (AvgIpc) is 3.17. The highest BCUT2D eigenvalue weighted by atomic mass is 16.5. The first-order valence-corrected chi connectivity index (χ1v) is 8.04. The maximum absolute atomic E-state index is 6.10. The van der Waals surface area contributed by atoms with Gasteiger partial charge >= 0.3 is 0 Å². The molecule has 1 saturated heterocycles. The van der Waals surface area contributed by atoms with Crippen LogP contribution in [0.2, 0.25) is 0 Å². The number of nitrogens with one attached hydrogen (secondary N) is 1. The number of hydrogen-bond acceptors (Lipinski definition) is 3. The number of aromatic nitrogens is 3. The number of rotatable bonds is 3. The van der Waals surface area contributed by atoms with Gasteiger partial charge in [0.05, 0.1) is 12.8 Å². The lowest BCUT2D eigenvalue weighted by molar-refractivity contribution is -0.105. The van der Waals surface area contributed by atoms with Crippen molar-refractivity contribution in [2.24, 2.45) is 7.05 Å². The van der Waals surface area contributed by atoms with Gasteiger partial charge in [0.25, 0.3) is 0 Å². The smallest absolute Gasteiger partial charge is 0.106 e. The molecule has 0 bridgehead atoms. The molecule has 3 heterocycles. The third-order valence-corrected chi connectivity index (χ3v) is 4.75. The maximum Gasteiger partial charge on any atom is 0.106 e. The molecule has 1 atom stereocenters. The fourth-order valence-electron chi connectivity index (χ4n) is 3.48. The molecule has 0 saturated carbocycles. The van der Waals surface area contributed by atoms with Gasteiger partial charge in [-0.3, -0.25) is 9.58 Å². The Labute approximate surface area is 135 Å². The molecule has 1 unspecified atom stereocenters. The number of benzene rings is 1. The second kappa shape index (κ2) is 5.51. The first-order chi connectivity index (χ1) is 11.1. The van der Waals surface area contributed by atoms with E-state index in [1.165, 1.54) is 16.5 Å². The Balaban J connectivity index is 1.57. The van der Waals surface area contributed by atoms with E-state index < -0.39 is 0 Å². The Hall–Kier alpha value is -2.11. The number of H-pyrrole nitrogens is 1. The SMILES string of the molecule is Cn1cc(C2(C)CN(Cc3cccc4[nH]ccc34)CCO2)cn1. The van der Waals surface area contributed by atoms with E-state index in [1.54, 1.807) is 0 Å². The summed E-state index contributed by atoms with van der Waals surface area (Å²) in [4.78, 5) is 5.76. The average molecular weight is 310 g/mol. The molecule has 2 aromatic heterocycles. The molecule has 1 aliphatic rings. The van der Waals surface area contributed by atoms with Crippen LogP contribution >= 0.6 is 0 Å². The van der Waals surface area contributed by atoms with Crippen LogP contribution in [0.1, 0.15) is 18.1 Å². The molecule has 23 heavy (non-hydrogen) atoms. The molecule has 0 spiro atoms. The van der Waals surface area contributed by atoms with Gasteiger partial charge in [-0.2, -0.15) is 5.10 Å². The van der Waals surface area contributed by atoms with Gasteiger partial charge in [-0.1, -0.05) is 12.1 Å². The van der Waals surface area contributed by atoms with E-state index in [2.05, 4.69) is 52.4 Å². The quantitative estimate of drug-likeness (QED) is 0.809. The second-order valence-corrected chi connectivity index (χ2v) is 6.55. The predicted octanol–water partition coefficient (Wildman–Crippen LogP) is 2.65. The van der Waals surface area contributed by atoms with Crippen molar-refractivity contribution in [3.63, 3.8) is 0 Å². The summed E-state index contributed by atoms with van der Waals surface area (Å²) in [5.41, 5.74) is 3.41. The molecule has 0 amide bonds. The summed E-state index contributed by atoms with van der Waals surface area (Å²) in [6, 6.07) is 8.62. The van der Waals surface area contributed by atoms with Gasteiger partial charge in [-0.15, -0.1) is 0 Å². The third kappa shape index (κ3) is 2.66. The molecule has 0 aliphatic carbocycles. The van der Waals surface area contributed by atoms with E-state index in [0.717, 1.165) is 31.8 Å². The lowest BCUT2D eigenvalue weighted by atomic mass is 9.96. The minimum atomic E-state index is -0.293. The Morgan fingerprint density at radius 3 is 3.09 bits per heavy atom. The van der Waals surface area contributed by atoms with Crippen LogP contribution in [0.4, 0.5) is 0 Å². The number of nitrogens with zero attached hydrogens (tertiary/aromatic N) is 3. The summed E-state index contributed by atoms with van der Waals surface area (Å²) >= 11 is 0. The number of morpholine rings is 1. The molecule has 1 aromatic carbocycles. The zero-order chi connectivity index (χ0) is 15.9. The molecule has 0 radical (unpaired) electrons. The van der Waals surface area contributed by atoms with Gasteiger partial charge in [-0.05, 0) is 24.6 Å². The number of fused-ring (bicyclic) bond motifs is 1. The molecule has 5 nitrogen and oxygen atoms in total. The van der Waals surface area contributed by atoms with Crippen molar-refractivity contribution < 1.29 is 4.74 Å². The lowest BCUT2D eigenvalue weighted by Crippen LogP contribution is -2.47. The van der Waals surface area contributed by atoms with Gasteiger partial charge in [0, 0.05) is 55.5 Å². The van der Waals surface area contributed by atoms with Crippen molar-refractivity contribution in [3.8, 4) is 0 Å². The molecule has 4 rings (SSSR count). The highest BCUT2D eigenvalue weighted by molar-refractivity contribution is 5.82. The topological polar surface area (TPSA) is 46.1 Å². The molecular formula is C18H22N4O. The number of hydrogen-bond donors (Lipinski definition) is 1. The largest absolute Gasteiger partial charge is 0.368 e. The minimum Gasteiger partial charge on any atom is -0.368 e. The van der Waals surface area contributed by atoms with Crippen molar-refractivity contribution >= 4 is 10.9 Å². The Kier molecular flexibility index (Phi) is 3.47. The van der Waals surface area contributed by atoms with Crippen molar-refractivity contribution in [3.05, 3.63) is 54.0 Å². The van der Waals surface area contributed by atoms with Crippen molar-refractivity contribution in [1.29, 1.82) is 0 Å². The number of aryl methyl sites for hydroxylation is 1. The van der Waals surface area contributed by atoms with E-state index in [0.29, 0.717) is 0 Å². The molecule has 1 N–H and O–H groups in total. The van der Waals surface area contributed by atoms with Crippen LogP contribution in [0.15, 0.2) is 42.9 Å². The van der Waals surface area contributed by atoms with Crippen LogP contribution in [-0.2, 0) is 23.9 Å². The standard InChI is InChI=1S/C18H22N4O/c1-18(15-10-20-21(2)12-15)13-22(8-9-23-18)11-14-4-3-5-17-16(14)6-7-19-17/h3-7,10,12,19H,8-9,11,13H2,1-2H3. The highest BCUT2D eigenvalue weighted by Crippen LogP contribution is 2.30. The highest BCUT2D eigenvalue weighted by Gasteiger charge is 2.35. The van der Waals surface area contributed by atoms with Crippen LogP contribution in [-0.4, -0.2) is 39.4 Å². The van der Waals surface area contributed by atoms with Crippen LogP contribution in [0.3, 0.4) is 0 Å². The van der Waals surface area contributed by atoms with E-state index in [4.69, 9.17) is 4.74 Å². The van der Waals surface area contributed by atoms with Gasteiger partial charge in [-0.25, -0.2) is 0 Å². The van der Waals surface area contributed by atoms with E-state index in [-0.39, 0.29) is 5.60 Å². The van der Waals surface area contributed by atoms with E-state index >= 15 is 0 Å². The van der Waals surface area contributed by atoms with E-state index in [9.17, 15) is 0 Å². The summed E-state index contributed by atoms with van der Waals surface area (Å²) in [5, 5.41) is 5.60. The van der Waals surface area contributed by atoms with Gasteiger partial charge in [0.15, 0.2) is 0 Å². The van der Waals surface area contributed by atoms with Crippen molar-refractivity contribution in [2.75, 3.05) is 19.7 Å². The molecular weight excluding hydrogens is 288 g/mol. The minimum absolute atomic E-state index is 0.293. The normalized spacial score (nSPS) is 22.7. The molecule has 1 fully saturated rings. The fourth-order valence-corrected chi connectivity index (χ4v) is 3.48. The zero-order valence-corrected chi connectivity index (χ0v) is 13.6. The summed E-state index contributed by atoms with van der Waals surface area (Å²) < 4.78 is 7.94. The van der Waals surface area contributed by atoms with E-state index in [1.807, 2.05) is 24.1 Å². The maximum atomic E-state index is 6.10. The van der Waals surface area contributed by atoms with Gasteiger partial charge in [0.2, 0.25) is 0 Å². The number of aromatic amines is 1. The molecule has 120 valence electrons. The molecule has 3 aromatic rings. The molecule has 5 heteroatoms.